The zero-order chi connectivity index (χ0) is 38.3. The minimum atomic E-state index is -1.25. The number of hydrogen-bond acceptors (Lipinski definition) is 10. The van der Waals surface area contributed by atoms with E-state index in [0.29, 0.717) is 66.5 Å². The molecule has 1 unspecified atom stereocenters. The van der Waals surface area contributed by atoms with Crippen LogP contribution in [0, 0.1) is 6.92 Å². The summed E-state index contributed by atoms with van der Waals surface area (Å²) in [4.78, 5) is 68.6. The number of aryl methyl sites for hydroxylation is 1. The number of nitrogens with one attached hydrogen (secondary N) is 2. The summed E-state index contributed by atoms with van der Waals surface area (Å²) in [6, 6.07) is 12.1. The summed E-state index contributed by atoms with van der Waals surface area (Å²) in [5.74, 6) is -0.112. The van der Waals surface area contributed by atoms with Crippen molar-refractivity contribution < 1.29 is 18.8 Å². The standard InChI is InChI=1S/C42H49FN8O4/c1-26-34-25-45-41(48-38(34)51(31-5-3-4-6-31)40(55)37(26)27(2)52)46-35-13-11-32(24-44-35)49-19-15-30(16-20-49)50-21-17-42(43,18-22-50)23-28-7-9-29(10-8-28)33-12-14-36(53)47-39(33)54/h7-11,13,24-25,30-31,33H,3-6,12,14-23H2,1-2H3,(H,47,53,54)(H,44,45,46,48). The third-order valence-corrected chi connectivity index (χ3v) is 12.4. The molecule has 12 nitrogen and oxygen atoms in total. The van der Waals surface area contributed by atoms with Crippen LogP contribution in [0.25, 0.3) is 11.0 Å². The van der Waals surface area contributed by atoms with Gasteiger partial charge in [0.15, 0.2) is 5.78 Å². The number of benzene rings is 1. The number of hydrogen-bond donors (Lipinski definition) is 2. The molecule has 13 heteroatoms. The number of nitrogens with zero attached hydrogens (tertiary/aromatic N) is 6. The molecule has 8 rings (SSSR count). The van der Waals surface area contributed by atoms with Gasteiger partial charge in [-0.15, -0.1) is 0 Å². The lowest BCUT2D eigenvalue weighted by Crippen LogP contribution is -2.51. The van der Waals surface area contributed by atoms with Crippen molar-refractivity contribution in [1.29, 1.82) is 0 Å². The molecule has 3 aliphatic heterocycles. The number of ketones is 1. The molecule has 288 valence electrons. The zero-order valence-electron chi connectivity index (χ0n) is 31.7. The summed E-state index contributed by atoms with van der Waals surface area (Å²) in [7, 11) is 0. The van der Waals surface area contributed by atoms with Crippen LogP contribution in [-0.2, 0) is 16.0 Å². The van der Waals surface area contributed by atoms with Gasteiger partial charge in [-0.25, -0.2) is 14.4 Å². The maximum atomic E-state index is 16.1. The number of fused-ring (bicyclic) bond motifs is 1. The number of imide groups is 1. The van der Waals surface area contributed by atoms with Crippen molar-refractivity contribution in [1.82, 2.24) is 29.7 Å². The number of carbonyl (C=O) groups is 3. The number of pyridine rings is 2. The molecule has 4 aliphatic rings. The predicted molar refractivity (Wildman–Crippen MR) is 209 cm³/mol. The minimum Gasteiger partial charge on any atom is -0.370 e. The molecule has 0 bridgehead atoms. The molecule has 3 saturated heterocycles. The fourth-order valence-electron chi connectivity index (χ4n) is 9.27. The molecule has 55 heavy (non-hydrogen) atoms. The molecule has 6 heterocycles. The number of amides is 2. The number of anilines is 3. The molecule has 1 aliphatic carbocycles. The lowest BCUT2D eigenvalue weighted by atomic mass is 9.84. The molecule has 2 amide bonds. The van der Waals surface area contributed by atoms with Gasteiger partial charge in [0.25, 0.3) is 5.56 Å². The highest BCUT2D eigenvalue weighted by Crippen LogP contribution is 2.35. The first-order valence-corrected chi connectivity index (χ1v) is 19.8. The van der Waals surface area contributed by atoms with Crippen LogP contribution in [0.5, 0.6) is 0 Å². The number of halogens is 1. The summed E-state index contributed by atoms with van der Waals surface area (Å²) in [6.45, 7) is 6.49. The number of aromatic nitrogens is 4. The first-order valence-electron chi connectivity index (χ1n) is 19.8. The minimum absolute atomic E-state index is 0.00938. The van der Waals surface area contributed by atoms with Crippen molar-refractivity contribution in [3.8, 4) is 0 Å². The summed E-state index contributed by atoms with van der Waals surface area (Å²) < 4.78 is 17.8. The van der Waals surface area contributed by atoms with E-state index in [-0.39, 0.29) is 40.7 Å². The fourth-order valence-corrected chi connectivity index (χ4v) is 9.27. The number of piperidine rings is 3. The highest BCUT2D eigenvalue weighted by Gasteiger charge is 2.38. The topological polar surface area (TPSA) is 142 Å². The van der Waals surface area contributed by atoms with Gasteiger partial charge in [0, 0.05) is 62.7 Å². The summed E-state index contributed by atoms with van der Waals surface area (Å²) in [5.41, 5.74) is 2.69. The molecule has 0 spiro atoms. The third kappa shape index (κ3) is 7.63. The number of alkyl halides is 1. The Morgan fingerprint density at radius 3 is 2.29 bits per heavy atom. The summed E-state index contributed by atoms with van der Waals surface area (Å²) in [5, 5.41) is 6.34. The van der Waals surface area contributed by atoms with Gasteiger partial charge in [0.2, 0.25) is 17.8 Å². The van der Waals surface area contributed by atoms with Gasteiger partial charge >= 0.3 is 0 Å². The van der Waals surface area contributed by atoms with E-state index in [1.54, 1.807) is 17.7 Å². The van der Waals surface area contributed by atoms with Crippen molar-refractivity contribution >= 4 is 46.1 Å². The van der Waals surface area contributed by atoms with Crippen LogP contribution < -0.4 is 21.1 Å². The lowest BCUT2D eigenvalue weighted by molar-refractivity contribution is -0.134. The molecule has 1 saturated carbocycles. The number of rotatable bonds is 9. The van der Waals surface area contributed by atoms with Gasteiger partial charge in [-0.05, 0) is 87.6 Å². The van der Waals surface area contributed by atoms with Crippen LogP contribution in [-0.4, -0.2) is 79.9 Å². The van der Waals surface area contributed by atoms with Gasteiger partial charge < -0.3 is 15.1 Å². The van der Waals surface area contributed by atoms with Gasteiger partial charge in [-0.1, -0.05) is 37.1 Å². The van der Waals surface area contributed by atoms with E-state index in [0.717, 1.165) is 81.5 Å². The Hall–Kier alpha value is -5.04. The Balaban J connectivity index is 0.846. The quantitative estimate of drug-likeness (QED) is 0.153. The normalized spacial score (nSPS) is 21.2. The number of carbonyl (C=O) groups excluding carboxylic acids is 3. The first kappa shape index (κ1) is 36.9. The predicted octanol–water partition coefficient (Wildman–Crippen LogP) is 6.09. The van der Waals surface area contributed by atoms with E-state index in [4.69, 9.17) is 4.98 Å². The molecule has 0 radical (unpaired) electrons. The molecule has 3 aromatic heterocycles. The highest BCUT2D eigenvalue weighted by molar-refractivity contribution is 6.01. The van der Waals surface area contributed by atoms with Crippen LogP contribution in [0.1, 0.15) is 110 Å². The monoisotopic (exact) mass is 748 g/mol. The van der Waals surface area contributed by atoms with Gasteiger partial charge in [0.1, 0.15) is 17.1 Å². The van der Waals surface area contributed by atoms with E-state index in [1.807, 2.05) is 42.6 Å². The van der Waals surface area contributed by atoms with E-state index in [1.165, 1.54) is 6.92 Å². The maximum Gasteiger partial charge on any atom is 0.263 e. The summed E-state index contributed by atoms with van der Waals surface area (Å²) in [6.07, 6.45) is 11.6. The van der Waals surface area contributed by atoms with Crippen molar-refractivity contribution in [3.05, 3.63) is 81.4 Å². The fraction of sp³-hybridized carbons (Fsp3) is 0.500. The average molecular weight is 749 g/mol. The smallest absolute Gasteiger partial charge is 0.263 e. The first-order chi connectivity index (χ1) is 26.5. The molecule has 2 N–H and O–H groups in total. The van der Waals surface area contributed by atoms with E-state index in [2.05, 4.69) is 30.4 Å². The average Bonchev–Trinajstić information content (AvgIpc) is 3.70. The molecule has 1 atom stereocenters. The van der Waals surface area contributed by atoms with Gasteiger partial charge in [-0.3, -0.25) is 29.1 Å². The van der Waals surface area contributed by atoms with Crippen LogP contribution >= 0.6 is 0 Å². The van der Waals surface area contributed by atoms with Crippen molar-refractivity contribution in [3.63, 3.8) is 0 Å². The Bertz CT molecular complexity index is 2150. The Kier molecular flexibility index (Phi) is 10.2. The van der Waals surface area contributed by atoms with Gasteiger partial charge in [0.05, 0.1) is 23.4 Å². The van der Waals surface area contributed by atoms with Crippen LogP contribution in [0.15, 0.2) is 53.6 Å². The van der Waals surface area contributed by atoms with Crippen molar-refractivity contribution in [2.75, 3.05) is 36.4 Å². The lowest BCUT2D eigenvalue weighted by Gasteiger charge is -2.44. The second-order valence-electron chi connectivity index (χ2n) is 16.0. The molecular weight excluding hydrogens is 700 g/mol. The SMILES string of the molecule is CC(=O)c1c(C)c2cnc(Nc3ccc(N4CCC(N5CCC(F)(Cc6ccc(C7CCC(=O)NC7=O)cc6)CC5)CC4)cn3)nc2n(C2CCCC2)c1=O. The second-order valence-corrected chi connectivity index (χ2v) is 16.0. The van der Waals surface area contributed by atoms with E-state index < -0.39 is 5.67 Å². The van der Waals surface area contributed by atoms with Crippen LogP contribution in [0.4, 0.5) is 21.8 Å². The van der Waals surface area contributed by atoms with Crippen molar-refractivity contribution in [2.24, 2.45) is 0 Å². The highest BCUT2D eigenvalue weighted by atomic mass is 19.1. The number of Topliss-reactive ketones (excluding diaryl/α,β-unsaturated/α-hetero) is 1. The molecule has 4 aromatic rings. The van der Waals surface area contributed by atoms with Crippen molar-refractivity contribution in [2.45, 2.75) is 108 Å². The van der Waals surface area contributed by atoms with E-state index >= 15 is 4.39 Å². The van der Waals surface area contributed by atoms with Crippen LogP contribution in [0.2, 0.25) is 0 Å². The third-order valence-electron chi connectivity index (χ3n) is 12.4. The Morgan fingerprint density at radius 1 is 0.909 bits per heavy atom. The molecule has 1 aromatic carbocycles. The number of likely N-dealkylation sites (tertiary alicyclic amines) is 1. The largest absolute Gasteiger partial charge is 0.370 e. The second kappa shape index (κ2) is 15.2. The van der Waals surface area contributed by atoms with Gasteiger partial charge in [-0.2, -0.15) is 4.98 Å². The Labute approximate surface area is 319 Å². The van der Waals surface area contributed by atoms with Crippen LogP contribution in [0.3, 0.4) is 0 Å². The Morgan fingerprint density at radius 2 is 1.64 bits per heavy atom. The van der Waals surface area contributed by atoms with E-state index in [9.17, 15) is 19.2 Å². The molecule has 4 fully saturated rings. The molecular formula is C42H49FN8O4. The maximum absolute atomic E-state index is 16.1. The zero-order valence-corrected chi connectivity index (χ0v) is 31.7. The summed E-state index contributed by atoms with van der Waals surface area (Å²) >= 11 is 0.